The molecule has 0 amide bonds. The fourth-order valence-corrected chi connectivity index (χ4v) is 5.14. The van der Waals surface area contributed by atoms with Crippen molar-refractivity contribution in [2.45, 2.75) is 32.1 Å². The van der Waals surface area contributed by atoms with Gasteiger partial charge < -0.3 is 25.2 Å². The zero-order chi connectivity index (χ0) is 32.1. The Morgan fingerprint density at radius 1 is 0.682 bits per heavy atom. The monoisotopic (exact) mass is 604 g/mol. The lowest BCUT2D eigenvalue weighted by atomic mass is 10.0. The molecule has 4 rings (SSSR count). The minimum absolute atomic E-state index is 0.0167. The van der Waals surface area contributed by atoms with E-state index in [1.165, 1.54) is 0 Å². The molecule has 44 heavy (non-hydrogen) atoms. The Balaban J connectivity index is 1.38. The average Bonchev–Trinajstić information content (AvgIpc) is 3.61. The Kier molecular flexibility index (Phi) is 9.72. The maximum Gasteiger partial charge on any atom is 0.185 e. The molecule has 0 atom stereocenters. The number of carbonyl (C=O) groups excluding carboxylic acids is 4. The molecule has 3 heterocycles. The van der Waals surface area contributed by atoms with Gasteiger partial charge in [0.1, 0.15) is 11.6 Å². The maximum atomic E-state index is 14.0. The molecule has 0 bridgehead atoms. The van der Waals surface area contributed by atoms with Gasteiger partial charge in [-0.2, -0.15) is 0 Å². The summed E-state index contributed by atoms with van der Waals surface area (Å²) >= 11 is 0. The summed E-state index contributed by atoms with van der Waals surface area (Å²) in [6.07, 6.45) is 5.78. The number of nitrogens with zero attached hydrogens (tertiary/aromatic N) is 4. The molecule has 0 saturated heterocycles. The molecule has 0 aliphatic carbocycles. The van der Waals surface area contributed by atoms with Crippen molar-refractivity contribution in [1.29, 1.82) is 0 Å². The van der Waals surface area contributed by atoms with Crippen molar-refractivity contribution in [1.82, 2.24) is 13.7 Å². The van der Waals surface area contributed by atoms with Gasteiger partial charge >= 0.3 is 0 Å². The molecule has 0 unspecified atom stereocenters. The Morgan fingerprint density at radius 2 is 1.14 bits per heavy atom. The molecule has 4 N–H and O–H groups in total. The molecule has 4 aromatic rings. The topological polar surface area (TPSA) is 147 Å². The first-order chi connectivity index (χ1) is 20.8. The van der Waals surface area contributed by atoms with Gasteiger partial charge in [0.2, 0.25) is 0 Å². The second-order valence-electron chi connectivity index (χ2n) is 10.8. The molecular weight excluding hydrogens is 570 g/mol. The summed E-state index contributed by atoms with van der Waals surface area (Å²) in [5.41, 5.74) is 13.5. The van der Waals surface area contributed by atoms with Crippen LogP contribution < -0.4 is 11.5 Å². The Morgan fingerprint density at radius 3 is 1.59 bits per heavy atom. The quantitative estimate of drug-likeness (QED) is 0.0975. The van der Waals surface area contributed by atoms with Gasteiger partial charge in [0.15, 0.2) is 29.1 Å². The second-order valence-corrected chi connectivity index (χ2v) is 10.8. The van der Waals surface area contributed by atoms with Crippen LogP contribution in [0.4, 0.5) is 8.78 Å². The van der Waals surface area contributed by atoms with Crippen molar-refractivity contribution in [3.05, 3.63) is 106 Å². The summed E-state index contributed by atoms with van der Waals surface area (Å²) in [5, 5.41) is 0. The second kappa shape index (κ2) is 13.4. The Bertz CT molecular complexity index is 1770. The molecular formula is C32H34F2N6O4. The molecule has 0 aliphatic heterocycles. The van der Waals surface area contributed by atoms with Crippen LogP contribution in [0.15, 0.2) is 60.0 Å². The fraction of sp³-hybridized carbons (Fsp3) is 0.281. The van der Waals surface area contributed by atoms with Crippen LogP contribution in [0, 0.1) is 11.6 Å². The van der Waals surface area contributed by atoms with E-state index in [2.05, 4.69) is 4.99 Å². The number of rotatable bonds is 14. The van der Waals surface area contributed by atoms with Gasteiger partial charge in [0.25, 0.3) is 0 Å². The van der Waals surface area contributed by atoms with Crippen molar-refractivity contribution in [2.75, 3.05) is 6.54 Å². The van der Waals surface area contributed by atoms with Crippen LogP contribution >= 0.6 is 0 Å². The Hall–Kier alpha value is -5.13. The molecule has 0 saturated carbocycles. The summed E-state index contributed by atoms with van der Waals surface area (Å²) in [6.45, 7) is 0.353. The van der Waals surface area contributed by atoms with Gasteiger partial charge in [0.05, 0.1) is 22.6 Å². The van der Waals surface area contributed by atoms with E-state index in [-0.39, 0.29) is 54.6 Å². The van der Waals surface area contributed by atoms with Crippen LogP contribution in [-0.4, -0.2) is 49.3 Å². The number of nitrogens with two attached hydrogens (primary N) is 2. The number of aromatic nitrogens is 3. The molecule has 230 valence electrons. The number of ketones is 4. The minimum Gasteiger partial charge on any atom is -0.370 e. The third-order valence-electron chi connectivity index (χ3n) is 7.22. The van der Waals surface area contributed by atoms with E-state index in [1.54, 1.807) is 71.6 Å². The summed E-state index contributed by atoms with van der Waals surface area (Å²) in [7, 11) is 5.14. The number of halogens is 2. The van der Waals surface area contributed by atoms with Crippen LogP contribution in [-0.2, 0) is 40.4 Å². The van der Waals surface area contributed by atoms with E-state index >= 15 is 0 Å². The number of Topliss-reactive ketones (excluding diaryl/α,β-unsaturated/α-hetero) is 4. The van der Waals surface area contributed by atoms with Crippen molar-refractivity contribution < 1.29 is 28.0 Å². The first-order valence-corrected chi connectivity index (χ1v) is 13.9. The first kappa shape index (κ1) is 31.8. The third-order valence-corrected chi connectivity index (χ3v) is 7.22. The summed E-state index contributed by atoms with van der Waals surface area (Å²) in [5.74, 6) is -2.74. The molecule has 0 radical (unpaired) electrons. The highest BCUT2D eigenvalue weighted by molar-refractivity contribution is 6.00. The number of carbonyl (C=O) groups is 4. The largest absolute Gasteiger partial charge is 0.370 e. The number of aryl methyl sites for hydroxylation is 3. The van der Waals surface area contributed by atoms with Crippen LogP contribution in [0.25, 0.3) is 0 Å². The van der Waals surface area contributed by atoms with Crippen molar-refractivity contribution in [3.8, 4) is 0 Å². The third kappa shape index (κ3) is 7.63. The van der Waals surface area contributed by atoms with E-state index in [0.717, 1.165) is 12.1 Å². The molecule has 0 spiro atoms. The smallest absolute Gasteiger partial charge is 0.185 e. The van der Waals surface area contributed by atoms with Crippen LogP contribution in [0.2, 0.25) is 0 Å². The highest BCUT2D eigenvalue weighted by atomic mass is 19.1. The standard InChI is InChI=1S/C32H34F2N6O4/c1-38-17-20(9-25(38)28(41)5-4-8-37-32(35)36)13-30(43)27-11-21(18-40(27)3)14-31(44)26-10-19(16-39(26)2)12-29(42)23-7-6-22(33)15-24(23)34/h6-7,9-11,15-18H,4-5,8,12-14H2,1-3H3,(H4,35,36,37). The summed E-state index contributed by atoms with van der Waals surface area (Å²) in [4.78, 5) is 55.4. The van der Waals surface area contributed by atoms with Gasteiger partial charge in [-0.15, -0.1) is 0 Å². The fourth-order valence-electron chi connectivity index (χ4n) is 5.14. The van der Waals surface area contributed by atoms with Gasteiger partial charge in [-0.05, 0) is 53.4 Å². The van der Waals surface area contributed by atoms with E-state index in [0.29, 0.717) is 52.8 Å². The lowest BCUT2D eigenvalue weighted by Gasteiger charge is -2.01. The van der Waals surface area contributed by atoms with E-state index < -0.39 is 17.4 Å². The van der Waals surface area contributed by atoms with Gasteiger partial charge in [-0.1, -0.05) is 0 Å². The molecule has 10 nitrogen and oxygen atoms in total. The summed E-state index contributed by atoms with van der Waals surface area (Å²) in [6, 6.07) is 7.73. The zero-order valence-electron chi connectivity index (χ0n) is 24.8. The highest BCUT2D eigenvalue weighted by Crippen LogP contribution is 2.19. The lowest BCUT2D eigenvalue weighted by Crippen LogP contribution is -2.23. The SMILES string of the molecule is Cn1cc(CC(=O)c2cc(CC(=O)c3cc(CC(=O)c4ccc(F)cc4F)cn3C)cn2C)cc1C(=O)CCCN=C(N)N. The van der Waals surface area contributed by atoms with Crippen LogP contribution in [0.3, 0.4) is 0 Å². The predicted octanol–water partition coefficient (Wildman–Crippen LogP) is 3.49. The van der Waals surface area contributed by atoms with Gasteiger partial charge in [-0.3, -0.25) is 24.2 Å². The molecule has 3 aromatic heterocycles. The molecule has 12 heteroatoms. The number of hydrogen-bond donors (Lipinski definition) is 2. The molecule has 0 aliphatic rings. The zero-order valence-corrected chi connectivity index (χ0v) is 24.8. The number of aliphatic imine (C=N–C) groups is 1. The van der Waals surface area contributed by atoms with E-state index in [4.69, 9.17) is 11.5 Å². The molecule has 1 aromatic carbocycles. The highest BCUT2D eigenvalue weighted by Gasteiger charge is 2.20. The normalized spacial score (nSPS) is 11.0. The van der Waals surface area contributed by atoms with Crippen molar-refractivity contribution >= 4 is 29.1 Å². The van der Waals surface area contributed by atoms with Gasteiger partial charge in [-0.25, -0.2) is 8.78 Å². The average molecular weight is 605 g/mol. The predicted molar refractivity (Wildman–Crippen MR) is 161 cm³/mol. The maximum absolute atomic E-state index is 14.0. The number of guanidine groups is 1. The summed E-state index contributed by atoms with van der Waals surface area (Å²) < 4.78 is 32.2. The first-order valence-electron chi connectivity index (χ1n) is 13.9. The Labute approximate surface area is 253 Å². The van der Waals surface area contributed by atoms with E-state index in [1.807, 2.05) is 0 Å². The number of benzene rings is 1. The van der Waals surface area contributed by atoms with E-state index in [9.17, 15) is 28.0 Å². The van der Waals surface area contributed by atoms with Crippen molar-refractivity contribution in [3.63, 3.8) is 0 Å². The van der Waals surface area contributed by atoms with Crippen LogP contribution in [0.5, 0.6) is 0 Å². The van der Waals surface area contributed by atoms with Crippen molar-refractivity contribution in [2.24, 2.45) is 37.6 Å². The molecule has 0 fully saturated rings. The van der Waals surface area contributed by atoms with Gasteiger partial charge in [0, 0.05) is 78.0 Å². The van der Waals surface area contributed by atoms with Crippen LogP contribution in [0.1, 0.15) is 71.4 Å². The number of hydrogen-bond acceptors (Lipinski definition) is 5. The minimum atomic E-state index is -0.936. The lowest BCUT2D eigenvalue weighted by molar-refractivity contribution is 0.0967.